The highest BCUT2D eigenvalue weighted by Crippen LogP contribution is 2.35. The predicted octanol–water partition coefficient (Wildman–Crippen LogP) is 2.27. The van der Waals surface area contributed by atoms with E-state index in [1.807, 2.05) is 0 Å². The number of aromatic nitrogens is 2. The number of fused-ring (bicyclic) bond motifs is 2. The van der Waals surface area contributed by atoms with Gasteiger partial charge in [0.1, 0.15) is 11.8 Å². The standard InChI is InChI=1S/C21H18N2O5/c1-3-28-21(27)17-12(2)22-19(25)15-6-4-5-7-16(15)20(26)23(22)18(17)13-8-10-14(24)11-9-13/h4-11,18,24H,3H2,1-2H3. The third kappa shape index (κ3) is 2.47. The molecule has 7 nitrogen and oxygen atoms in total. The van der Waals surface area contributed by atoms with Crippen LogP contribution in [0.3, 0.4) is 0 Å². The van der Waals surface area contributed by atoms with E-state index in [0.29, 0.717) is 11.3 Å². The molecule has 1 unspecified atom stereocenters. The highest BCUT2D eigenvalue weighted by molar-refractivity contribution is 5.97. The quantitative estimate of drug-likeness (QED) is 0.706. The van der Waals surface area contributed by atoms with E-state index in [1.54, 1.807) is 50.2 Å². The second-order valence-corrected chi connectivity index (χ2v) is 6.53. The van der Waals surface area contributed by atoms with Crippen LogP contribution in [0.1, 0.15) is 25.5 Å². The zero-order valence-corrected chi connectivity index (χ0v) is 15.4. The molecule has 1 aromatic heterocycles. The Labute approximate surface area is 159 Å². The van der Waals surface area contributed by atoms with Gasteiger partial charge in [0, 0.05) is 0 Å². The molecule has 1 N–H and O–H groups in total. The number of hydrogen-bond acceptors (Lipinski definition) is 5. The molecular weight excluding hydrogens is 360 g/mol. The summed E-state index contributed by atoms with van der Waals surface area (Å²) in [6.07, 6.45) is 0. The maximum Gasteiger partial charge on any atom is 0.338 e. The highest BCUT2D eigenvalue weighted by Gasteiger charge is 2.37. The van der Waals surface area contributed by atoms with Gasteiger partial charge < -0.3 is 9.84 Å². The molecule has 0 saturated heterocycles. The lowest BCUT2D eigenvalue weighted by molar-refractivity contribution is -0.138. The number of ether oxygens (including phenoxy) is 1. The van der Waals surface area contributed by atoms with Crippen molar-refractivity contribution in [3.05, 3.63) is 80.4 Å². The summed E-state index contributed by atoms with van der Waals surface area (Å²) in [5.74, 6) is -0.527. The fourth-order valence-corrected chi connectivity index (χ4v) is 3.70. The highest BCUT2D eigenvalue weighted by atomic mass is 16.5. The van der Waals surface area contributed by atoms with Crippen molar-refractivity contribution >= 4 is 22.4 Å². The van der Waals surface area contributed by atoms with Gasteiger partial charge in [-0.25, -0.2) is 14.2 Å². The molecule has 0 spiro atoms. The molecule has 1 aliphatic heterocycles. The Morgan fingerprint density at radius 3 is 2.25 bits per heavy atom. The van der Waals surface area contributed by atoms with Gasteiger partial charge in [0.15, 0.2) is 0 Å². The Kier molecular flexibility index (Phi) is 4.15. The summed E-state index contributed by atoms with van der Waals surface area (Å²) in [7, 11) is 0. The van der Waals surface area contributed by atoms with E-state index in [1.165, 1.54) is 21.5 Å². The molecule has 28 heavy (non-hydrogen) atoms. The van der Waals surface area contributed by atoms with Gasteiger partial charge in [0.25, 0.3) is 11.1 Å². The molecule has 2 aromatic carbocycles. The van der Waals surface area contributed by atoms with Crippen LogP contribution in [0.4, 0.5) is 0 Å². The van der Waals surface area contributed by atoms with E-state index in [2.05, 4.69) is 0 Å². The molecule has 0 amide bonds. The zero-order valence-electron chi connectivity index (χ0n) is 15.4. The fraction of sp³-hybridized carbons (Fsp3) is 0.190. The second kappa shape index (κ2) is 6.53. The molecule has 0 radical (unpaired) electrons. The van der Waals surface area contributed by atoms with Crippen LogP contribution < -0.4 is 11.1 Å². The molecule has 1 aliphatic rings. The van der Waals surface area contributed by atoms with Gasteiger partial charge in [-0.2, -0.15) is 0 Å². The van der Waals surface area contributed by atoms with E-state index in [0.717, 1.165) is 0 Å². The first-order valence-corrected chi connectivity index (χ1v) is 8.89. The van der Waals surface area contributed by atoms with E-state index >= 15 is 0 Å². The average molecular weight is 378 g/mol. The number of benzene rings is 2. The van der Waals surface area contributed by atoms with Crippen molar-refractivity contribution in [2.75, 3.05) is 6.61 Å². The summed E-state index contributed by atoms with van der Waals surface area (Å²) in [6.45, 7) is 3.48. The summed E-state index contributed by atoms with van der Waals surface area (Å²) >= 11 is 0. The van der Waals surface area contributed by atoms with Crippen molar-refractivity contribution in [2.24, 2.45) is 0 Å². The average Bonchev–Trinajstić information content (AvgIpc) is 3.00. The minimum absolute atomic E-state index is 0.0587. The summed E-state index contributed by atoms with van der Waals surface area (Å²) in [5.41, 5.74) is 0.400. The Morgan fingerprint density at radius 2 is 1.64 bits per heavy atom. The van der Waals surface area contributed by atoms with Crippen LogP contribution in [0.25, 0.3) is 16.5 Å². The Bertz CT molecular complexity index is 1250. The SMILES string of the molecule is CCOC(=O)C1=C(C)n2c(=O)c3ccccc3c(=O)n2C1c1ccc(O)cc1. The molecule has 142 valence electrons. The molecule has 0 saturated carbocycles. The van der Waals surface area contributed by atoms with Crippen molar-refractivity contribution in [1.82, 2.24) is 9.36 Å². The molecule has 0 fully saturated rings. The summed E-state index contributed by atoms with van der Waals surface area (Å²) in [4.78, 5) is 39.1. The lowest BCUT2D eigenvalue weighted by atomic mass is 9.98. The number of nitrogens with zero attached hydrogens (tertiary/aromatic N) is 2. The van der Waals surface area contributed by atoms with E-state index in [-0.39, 0.29) is 39.8 Å². The molecular formula is C21H18N2O5. The zero-order chi connectivity index (χ0) is 20.0. The number of rotatable bonds is 3. The van der Waals surface area contributed by atoms with Crippen LogP contribution >= 0.6 is 0 Å². The van der Waals surface area contributed by atoms with Crippen LogP contribution in [-0.4, -0.2) is 27.0 Å². The molecule has 7 heteroatoms. The number of phenols is 1. The number of aromatic hydroxyl groups is 1. The summed E-state index contributed by atoms with van der Waals surface area (Å²) < 4.78 is 7.74. The Morgan fingerprint density at radius 1 is 1.04 bits per heavy atom. The van der Waals surface area contributed by atoms with Gasteiger partial charge in [-0.1, -0.05) is 24.3 Å². The lowest BCUT2D eigenvalue weighted by Crippen LogP contribution is -2.37. The van der Waals surface area contributed by atoms with Crippen molar-refractivity contribution in [2.45, 2.75) is 19.9 Å². The molecule has 3 aromatic rings. The van der Waals surface area contributed by atoms with Crippen molar-refractivity contribution in [3.63, 3.8) is 0 Å². The van der Waals surface area contributed by atoms with Crippen molar-refractivity contribution in [1.29, 1.82) is 0 Å². The number of carbonyl (C=O) groups is 1. The van der Waals surface area contributed by atoms with Crippen LogP contribution in [0.5, 0.6) is 5.75 Å². The summed E-state index contributed by atoms with van der Waals surface area (Å²) in [5, 5.41) is 10.2. The Hall–Kier alpha value is -3.61. The normalized spacial score (nSPS) is 15.7. The maximum absolute atomic E-state index is 13.3. The second-order valence-electron chi connectivity index (χ2n) is 6.53. The fourth-order valence-electron chi connectivity index (χ4n) is 3.70. The monoisotopic (exact) mass is 378 g/mol. The van der Waals surface area contributed by atoms with Gasteiger partial charge in [0.2, 0.25) is 0 Å². The van der Waals surface area contributed by atoms with Crippen molar-refractivity contribution < 1.29 is 14.6 Å². The first-order valence-electron chi connectivity index (χ1n) is 8.89. The molecule has 4 rings (SSSR count). The predicted molar refractivity (Wildman–Crippen MR) is 104 cm³/mol. The van der Waals surface area contributed by atoms with Gasteiger partial charge in [-0.05, 0) is 43.7 Å². The number of hydrogen-bond donors (Lipinski definition) is 1. The van der Waals surface area contributed by atoms with Crippen LogP contribution in [0.2, 0.25) is 0 Å². The summed E-state index contributed by atoms with van der Waals surface area (Å²) in [6, 6.07) is 11.9. The number of allylic oxidation sites excluding steroid dienone is 1. The third-order valence-corrected chi connectivity index (χ3v) is 4.93. The molecule has 0 bridgehead atoms. The smallest absolute Gasteiger partial charge is 0.338 e. The molecule has 2 heterocycles. The number of carbonyl (C=O) groups excluding carboxylic acids is 1. The maximum atomic E-state index is 13.3. The molecule has 0 aliphatic carbocycles. The largest absolute Gasteiger partial charge is 0.508 e. The minimum Gasteiger partial charge on any atom is -0.508 e. The number of esters is 1. The van der Waals surface area contributed by atoms with E-state index in [9.17, 15) is 19.5 Å². The first-order chi connectivity index (χ1) is 13.5. The van der Waals surface area contributed by atoms with Gasteiger partial charge >= 0.3 is 5.97 Å². The topological polar surface area (TPSA) is 90.5 Å². The Balaban J connectivity index is 2.10. The van der Waals surface area contributed by atoms with Crippen LogP contribution in [-0.2, 0) is 9.53 Å². The third-order valence-electron chi connectivity index (χ3n) is 4.93. The van der Waals surface area contributed by atoms with Crippen molar-refractivity contribution in [3.8, 4) is 5.75 Å². The van der Waals surface area contributed by atoms with Crippen LogP contribution in [0, 0.1) is 0 Å². The van der Waals surface area contributed by atoms with Gasteiger partial charge in [-0.3, -0.25) is 9.59 Å². The first kappa shape index (κ1) is 17.8. The minimum atomic E-state index is -0.829. The van der Waals surface area contributed by atoms with E-state index < -0.39 is 12.0 Å². The van der Waals surface area contributed by atoms with E-state index in [4.69, 9.17) is 4.74 Å². The lowest BCUT2D eigenvalue weighted by Gasteiger charge is -2.18. The molecule has 1 atom stereocenters. The number of phenolic OH excluding ortho intramolecular Hbond substituents is 1. The van der Waals surface area contributed by atoms with Gasteiger partial charge in [-0.15, -0.1) is 0 Å². The van der Waals surface area contributed by atoms with Crippen LogP contribution in [0.15, 0.2) is 63.7 Å². The van der Waals surface area contributed by atoms with Gasteiger partial charge in [0.05, 0.1) is 28.6 Å².